The van der Waals surface area contributed by atoms with Gasteiger partial charge in [0, 0.05) is 38.4 Å². The van der Waals surface area contributed by atoms with Crippen LogP contribution in [0.15, 0.2) is 83.2 Å². The number of allylic oxidation sites excluding steroid dienone is 3. The van der Waals surface area contributed by atoms with E-state index in [1.807, 2.05) is 55.5 Å². The SMILES string of the molecule is COc1ccccc1N1CCN(CCCN2C(=O)C3C(=CC=C(C)C3=NO)N(Cc3ccccc3)C2=O)CC1. The number of urea groups is 1. The molecule has 0 radical (unpaired) electrons. The van der Waals surface area contributed by atoms with Gasteiger partial charge in [0.2, 0.25) is 5.91 Å². The molecule has 39 heavy (non-hydrogen) atoms. The molecule has 1 atom stereocenters. The maximum absolute atomic E-state index is 13.6. The van der Waals surface area contributed by atoms with Gasteiger partial charge in [-0.15, -0.1) is 0 Å². The summed E-state index contributed by atoms with van der Waals surface area (Å²) in [7, 11) is 1.69. The Kier molecular flexibility index (Phi) is 7.97. The van der Waals surface area contributed by atoms with E-state index in [4.69, 9.17) is 4.74 Å². The average molecular weight is 530 g/mol. The molecule has 2 fully saturated rings. The number of methoxy groups -OCH3 is 1. The van der Waals surface area contributed by atoms with Gasteiger partial charge in [-0.1, -0.05) is 53.7 Å². The molecule has 2 aromatic rings. The number of fused-ring (bicyclic) bond motifs is 1. The molecule has 9 heteroatoms. The number of amides is 3. The van der Waals surface area contributed by atoms with E-state index in [1.54, 1.807) is 24.2 Å². The smallest absolute Gasteiger partial charge is 0.331 e. The molecule has 0 bridgehead atoms. The molecule has 3 aliphatic rings. The van der Waals surface area contributed by atoms with E-state index in [9.17, 15) is 14.8 Å². The number of para-hydroxylation sites is 2. The highest BCUT2D eigenvalue weighted by Crippen LogP contribution is 2.34. The Labute approximate surface area is 229 Å². The number of carbonyl (C=O) groups is 2. The quantitative estimate of drug-likeness (QED) is 0.411. The lowest BCUT2D eigenvalue weighted by Crippen LogP contribution is -2.58. The molecular formula is C30H35N5O4. The van der Waals surface area contributed by atoms with Gasteiger partial charge in [-0.3, -0.25) is 19.5 Å². The van der Waals surface area contributed by atoms with Crippen molar-refractivity contribution in [3.8, 4) is 5.75 Å². The fourth-order valence-corrected chi connectivity index (χ4v) is 5.58. The lowest BCUT2D eigenvalue weighted by atomic mass is 9.86. The monoisotopic (exact) mass is 529 g/mol. The van der Waals surface area contributed by atoms with Crippen LogP contribution in [0.1, 0.15) is 18.9 Å². The van der Waals surface area contributed by atoms with Crippen molar-refractivity contribution in [2.24, 2.45) is 11.1 Å². The van der Waals surface area contributed by atoms with Gasteiger partial charge in [0.05, 0.1) is 19.3 Å². The number of rotatable bonds is 8. The van der Waals surface area contributed by atoms with Crippen LogP contribution in [0.3, 0.4) is 0 Å². The Hall–Kier alpha value is -4.11. The van der Waals surface area contributed by atoms with Crippen LogP contribution < -0.4 is 9.64 Å². The van der Waals surface area contributed by atoms with Crippen LogP contribution in [0.25, 0.3) is 0 Å². The van der Waals surface area contributed by atoms with Crippen LogP contribution in [0, 0.1) is 5.92 Å². The molecule has 5 rings (SSSR count). The predicted molar refractivity (Wildman–Crippen MR) is 150 cm³/mol. The number of ether oxygens (including phenoxy) is 1. The predicted octanol–water partition coefficient (Wildman–Crippen LogP) is 3.96. The Morgan fingerprint density at radius 3 is 2.36 bits per heavy atom. The lowest BCUT2D eigenvalue weighted by Gasteiger charge is -2.42. The van der Waals surface area contributed by atoms with Crippen molar-refractivity contribution >= 4 is 23.3 Å². The number of piperazine rings is 1. The second-order valence-corrected chi connectivity index (χ2v) is 10.1. The molecule has 0 aromatic heterocycles. The molecule has 2 saturated heterocycles. The van der Waals surface area contributed by atoms with Crippen molar-refractivity contribution in [3.05, 3.63) is 83.6 Å². The normalized spacial score (nSPS) is 21.1. The average Bonchev–Trinajstić information content (AvgIpc) is 2.97. The van der Waals surface area contributed by atoms with Crippen molar-refractivity contribution < 1.29 is 19.5 Å². The van der Waals surface area contributed by atoms with E-state index >= 15 is 0 Å². The molecule has 0 saturated carbocycles. The van der Waals surface area contributed by atoms with Gasteiger partial charge in [0.15, 0.2) is 0 Å². The molecule has 2 heterocycles. The summed E-state index contributed by atoms with van der Waals surface area (Å²) in [6, 6.07) is 17.4. The van der Waals surface area contributed by atoms with Gasteiger partial charge in [0.25, 0.3) is 0 Å². The van der Waals surface area contributed by atoms with Crippen LogP contribution in [0.2, 0.25) is 0 Å². The zero-order valence-corrected chi connectivity index (χ0v) is 22.5. The Bertz CT molecular complexity index is 1300. The lowest BCUT2D eigenvalue weighted by molar-refractivity contribution is -0.132. The first-order valence-corrected chi connectivity index (χ1v) is 13.4. The second-order valence-electron chi connectivity index (χ2n) is 10.1. The first-order valence-electron chi connectivity index (χ1n) is 13.4. The number of hydrogen-bond donors (Lipinski definition) is 1. The largest absolute Gasteiger partial charge is 0.495 e. The third kappa shape index (κ3) is 5.40. The molecule has 3 amide bonds. The number of benzene rings is 2. The third-order valence-corrected chi connectivity index (χ3v) is 7.71. The van der Waals surface area contributed by atoms with E-state index in [0.717, 1.165) is 49.7 Å². The number of oxime groups is 1. The number of nitrogens with zero attached hydrogens (tertiary/aromatic N) is 5. The van der Waals surface area contributed by atoms with Crippen molar-refractivity contribution in [2.45, 2.75) is 19.9 Å². The van der Waals surface area contributed by atoms with Crippen LogP contribution in [0.5, 0.6) is 5.75 Å². The summed E-state index contributed by atoms with van der Waals surface area (Å²) in [6.45, 7) is 6.77. The number of carbonyl (C=O) groups excluding carboxylic acids is 2. The molecule has 1 N–H and O–H groups in total. The summed E-state index contributed by atoms with van der Waals surface area (Å²) >= 11 is 0. The van der Waals surface area contributed by atoms with Crippen molar-refractivity contribution in [3.63, 3.8) is 0 Å². The highest BCUT2D eigenvalue weighted by Gasteiger charge is 2.46. The standard InChI is InChI=1S/C30H35N5O4/c1-22-13-14-25-27(28(22)31-38)29(36)34(30(37)35(25)21-23-9-4-3-5-10-23)16-8-15-32-17-19-33(20-18-32)24-11-6-7-12-26(24)39-2/h3-7,9-14,27,38H,8,15-21H2,1-2H3. The highest BCUT2D eigenvalue weighted by atomic mass is 16.5. The van der Waals surface area contributed by atoms with Crippen LogP contribution in [-0.2, 0) is 11.3 Å². The van der Waals surface area contributed by atoms with Gasteiger partial charge >= 0.3 is 6.03 Å². The van der Waals surface area contributed by atoms with Gasteiger partial charge < -0.3 is 14.8 Å². The topological polar surface area (TPSA) is 88.9 Å². The van der Waals surface area contributed by atoms with Gasteiger partial charge in [-0.25, -0.2) is 4.79 Å². The summed E-state index contributed by atoms with van der Waals surface area (Å²) in [5, 5.41) is 13.2. The maximum atomic E-state index is 13.6. The highest BCUT2D eigenvalue weighted by molar-refractivity contribution is 6.19. The molecular weight excluding hydrogens is 494 g/mol. The first kappa shape index (κ1) is 26.5. The van der Waals surface area contributed by atoms with E-state index in [1.165, 1.54) is 4.90 Å². The van der Waals surface area contributed by atoms with Crippen LogP contribution in [-0.4, -0.2) is 83.9 Å². The summed E-state index contributed by atoms with van der Waals surface area (Å²) in [6.07, 6.45) is 4.25. The molecule has 2 aromatic carbocycles. The third-order valence-electron chi connectivity index (χ3n) is 7.71. The Balaban J connectivity index is 1.25. The fraction of sp³-hybridized carbons (Fsp3) is 0.367. The van der Waals surface area contributed by atoms with Gasteiger partial charge in [-0.2, -0.15) is 0 Å². The van der Waals surface area contributed by atoms with Crippen molar-refractivity contribution in [1.82, 2.24) is 14.7 Å². The van der Waals surface area contributed by atoms with Crippen LogP contribution in [0.4, 0.5) is 10.5 Å². The molecule has 204 valence electrons. The fourth-order valence-electron chi connectivity index (χ4n) is 5.58. The van der Waals surface area contributed by atoms with E-state index in [0.29, 0.717) is 36.5 Å². The molecule has 1 unspecified atom stereocenters. The summed E-state index contributed by atoms with van der Waals surface area (Å²) < 4.78 is 5.52. The number of anilines is 1. The van der Waals surface area contributed by atoms with Crippen LogP contribution >= 0.6 is 0 Å². The molecule has 2 aliphatic heterocycles. The summed E-state index contributed by atoms with van der Waals surface area (Å²) in [5.74, 6) is -0.261. The first-order chi connectivity index (χ1) is 19.0. The van der Waals surface area contributed by atoms with E-state index in [-0.39, 0.29) is 11.9 Å². The van der Waals surface area contributed by atoms with Crippen molar-refractivity contribution in [2.75, 3.05) is 51.3 Å². The number of imide groups is 1. The zero-order valence-electron chi connectivity index (χ0n) is 22.5. The second kappa shape index (κ2) is 11.7. The maximum Gasteiger partial charge on any atom is 0.331 e. The minimum absolute atomic E-state index is 0.292. The zero-order chi connectivity index (χ0) is 27.4. The van der Waals surface area contributed by atoms with Gasteiger partial charge in [-0.05, 0) is 49.2 Å². The molecule has 1 aliphatic carbocycles. The van der Waals surface area contributed by atoms with Gasteiger partial charge in [0.1, 0.15) is 17.4 Å². The Morgan fingerprint density at radius 1 is 0.923 bits per heavy atom. The minimum Gasteiger partial charge on any atom is -0.495 e. The minimum atomic E-state index is -0.800. The van der Waals surface area contributed by atoms with E-state index in [2.05, 4.69) is 21.0 Å². The Morgan fingerprint density at radius 2 is 1.64 bits per heavy atom. The van der Waals surface area contributed by atoms with E-state index < -0.39 is 5.92 Å². The number of hydrogen-bond acceptors (Lipinski definition) is 7. The molecule has 9 nitrogen and oxygen atoms in total. The molecule has 0 spiro atoms. The van der Waals surface area contributed by atoms with Crippen molar-refractivity contribution in [1.29, 1.82) is 0 Å². The summed E-state index contributed by atoms with van der Waals surface area (Å²) in [5.41, 5.74) is 3.61. The summed E-state index contributed by atoms with van der Waals surface area (Å²) in [4.78, 5) is 34.9.